The maximum Gasteiger partial charge on any atom is 0.254 e. The topological polar surface area (TPSA) is 52.6 Å². The largest absolute Gasteiger partial charge is 0.390 e. The molecule has 1 aliphatic rings. The van der Waals surface area contributed by atoms with E-state index in [2.05, 4.69) is 5.32 Å². The van der Waals surface area contributed by atoms with Crippen molar-refractivity contribution < 1.29 is 9.90 Å². The van der Waals surface area contributed by atoms with Gasteiger partial charge in [-0.1, -0.05) is 17.7 Å². The Kier molecular flexibility index (Phi) is 3.90. The number of likely N-dealkylation sites (N-methyl/N-ethyl adjacent to an activating group) is 1. The van der Waals surface area contributed by atoms with Crippen LogP contribution >= 0.6 is 11.6 Å². The number of hydrogen-bond acceptors (Lipinski definition) is 3. The van der Waals surface area contributed by atoms with Crippen molar-refractivity contribution in [3.8, 4) is 0 Å². The molecular weight excluding hydrogens is 252 g/mol. The van der Waals surface area contributed by atoms with Crippen molar-refractivity contribution >= 4 is 17.5 Å². The molecule has 1 saturated heterocycles. The molecule has 2 rings (SSSR count). The van der Waals surface area contributed by atoms with Crippen LogP contribution in [0.4, 0.5) is 0 Å². The number of hydrogen-bond donors (Lipinski definition) is 2. The number of aliphatic hydroxyl groups is 1. The molecular formula is C13H17ClN2O2. The van der Waals surface area contributed by atoms with Gasteiger partial charge in [-0.05, 0) is 24.6 Å². The minimum absolute atomic E-state index is 0.109. The summed E-state index contributed by atoms with van der Waals surface area (Å²) in [5.41, 5.74) is 1.47. The Morgan fingerprint density at radius 3 is 2.83 bits per heavy atom. The predicted octanol–water partition coefficient (Wildman–Crippen LogP) is 1.05. The van der Waals surface area contributed by atoms with E-state index >= 15 is 0 Å². The molecule has 2 N–H and O–H groups in total. The summed E-state index contributed by atoms with van der Waals surface area (Å²) in [6.45, 7) is 3.01. The van der Waals surface area contributed by atoms with Crippen molar-refractivity contribution in [3.63, 3.8) is 0 Å². The Balaban J connectivity index is 2.22. The number of nitrogens with one attached hydrogen (secondary N) is 1. The van der Waals surface area contributed by atoms with Gasteiger partial charge in [-0.15, -0.1) is 0 Å². The van der Waals surface area contributed by atoms with Crippen LogP contribution in [-0.4, -0.2) is 48.2 Å². The summed E-state index contributed by atoms with van der Waals surface area (Å²) in [7, 11) is 1.71. The Morgan fingerprint density at radius 2 is 2.22 bits per heavy atom. The fourth-order valence-electron chi connectivity index (χ4n) is 2.21. The smallest absolute Gasteiger partial charge is 0.254 e. The SMILES string of the molecule is Cc1ccc(Cl)cc1C(=O)N(C)[C@@H]1CNC[C@H]1O. The van der Waals surface area contributed by atoms with E-state index < -0.39 is 6.10 Å². The lowest BCUT2D eigenvalue weighted by Gasteiger charge is -2.27. The molecule has 0 aliphatic carbocycles. The van der Waals surface area contributed by atoms with Gasteiger partial charge in [-0.3, -0.25) is 4.79 Å². The van der Waals surface area contributed by atoms with Crippen molar-refractivity contribution in [2.45, 2.75) is 19.1 Å². The number of aryl methyl sites for hydroxylation is 1. The Bertz CT molecular complexity index is 464. The lowest BCUT2D eigenvalue weighted by Crippen LogP contribution is -2.44. The zero-order chi connectivity index (χ0) is 13.3. The summed E-state index contributed by atoms with van der Waals surface area (Å²) >= 11 is 5.92. The Labute approximate surface area is 112 Å². The van der Waals surface area contributed by atoms with Gasteiger partial charge in [0.15, 0.2) is 0 Å². The summed E-state index contributed by atoms with van der Waals surface area (Å²) in [6, 6.07) is 5.08. The third kappa shape index (κ3) is 2.51. The second-order valence-electron chi connectivity index (χ2n) is 4.67. The van der Waals surface area contributed by atoms with Gasteiger partial charge in [-0.2, -0.15) is 0 Å². The maximum absolute atomic E-state index is 12.4. The summed E-state index contributed by atoms with van der Waals surface area (Å²) in [4.78, 5) is 14.0. The molecule has 98 valence electrons. The van der Waals surface area contributed by atoms with Gasteiger partial charge in [0.25, 0.3) is 5.91 Å². The molecule has 1 fully saturated rings. The van der Waals surface area contributed by atoms with Gasteiger partial charge < -0.3 is 15.3 Å². The normalized spacial score (nSPS) is 23.1. The Morgan fingerprint density at radius 1 is 1.50 bits per heavy atom. The maximum atomic E-state index is 12.4. The average Bonchev–Trinajstić information content (AvgIpc) is 2.77. The van der Waals surface area contributed by atoms with E-state index in [4.69, 9.17) is 11.6 Å². The van der Waals surface area contributed by atoms with E-state index in [1.165, 1.54) is 0 Å². The molecule has 18 heavy (non-hydrogen) atoms. The van der Waals surface area contributed by atoms with E-state index in [-0.39, 0.29) is 11.9 Å². The van der Waals surface area contributed by atoms with Gasteiger partial charge in [0, 0.05) is 30.7 Å². The number of amides is 1. The average molecular weight is 269 g/mol. The second-order valence-corrected chi connectivity index (χ2v) is 5.10. The molecule has 1 amide bonds. The van der Waals surface area contributed by atoms with E-state index in [0.29, 0.717) is 23.7 Å². The fraction of sp³-hybridized carbons (Fsp3) is 0.462. The van der Waals surface area contributed by atoms with Gasteiger partial charge in [0.2, 0.25) is 0 Å². The van der Waals surface area contributed by atoms with Crippen LogP contribution in [-0.2, 0) is 0 Å². The van der Waals surface area contributed by atoms with Crippen LogP contribution in [0.25, 0.3) is 0 Å². The molecule has 0 aromatic heterocycles. The highest BCUT2D eigenvalue weighted by atomic mass is 35.5. The Hall–Kier alpha value is -1.10. The number of aliphatic hydroxyl groups excluding tert-OH is 1. The second kappa shape index (κ2) is 5.26. The first-order chi connectivity index (χ1) is 8.50. The van der Waals surface area contributed by atoms with Crippen LogP contribution in [0.3, 0.4) is 0 Å². The number of carbonyl (C=O) groups is 1. The summed E-state index contributed by atoms with van der Waals surface area (Å²) in [5, 5.41) is 13.4. The lowest BCUT2D eigenvalue weighted by molar-refractivity contribution is 0.0580. The van der Waals surface area contributed by atoms with Gasteiger partial charge >= 0.3 is 0 Å². The molecule has 1 heterocycles. The summed E-state index contributed by atoms with van der Waals surface area (Å²) in [6.07, 6.45) is -0.515. The van der Waals surface area contributed by atoms with Gasteiger partial charge in [-0.25, -0.2) is 0 Å². The molecule has 0 spiro atoms. The molecule has 1 aliphatic heterocycles. The number of halogens is 1. The quantitative estimate of drug-likeness (QED) is 0.843. The van der Waals surface area contributed by atoms with Crippen molar-refractivity contribution in [1.82, 2.24) is 10.2 Å². The van der Waals surface area contributed by atoms with Crippen molar-refractivity contribution in [1.29, 1.82) is 0 Å². The number of β-amino-alcohol motifs (C(OH)–C–C–N with tert-alkyl or cyclic N) is 1. The first-order valence-electron chi connectivity index (χ1n) is 5.93. The van der Waals surface area contributed by atoms with Crippen LogP contribution in [0.2, 0.25) is 5.02 Å². The van der Waals surface area contributed by atoms with Crippen LogP contribution in [0.5, 0.6) is 0 Å². The van der Waals surface area contributed by atoms with Crippen LogP contribution in [0, 0.1) is 6.92 Å². The minimum Gasteiger partial charge on any atom is -0.390 e. The molecule has 1 aromatic carbocycles. The third-order valence-electron chi connectivity index (χ3n) is 3.40. The molecule has 2 atom stereocenters. The zero-order valence-electron chi connectivity index (χ0n) is 10.5. The predicted molar refractivity (Wildman–Crippen MR) is 70.9 cm³/mol. The monoisotopic (exact) mass is 268 g/mol. The highest BCUT2D eigenvalue weighted by molar-refractivity contribution is 6.31. The van der Waals surface area contributed by atoms with E-state index in [9.17, 15) is 9.90 Å². The highest BCUT2D eigenvalue weighted by Crippen LogP contribution is 2.19. The minimum atomic E-state index is -0.515. The zero-order valence-corrected chi connectivity index (χ0v) is 11.2. The molecule has 0 bridgehead atoms. The van der Waals surface area contributed by atoms with Crippen molar-refractivity contribution in [3.05, 3.63) is 34.3 Å². The van der Waals surface area contributed by atoms with Crippen molar-refractivity contribution in [2.75, 3.05) is 20.1 Å². The van der Waals surface area contributed by atoms with E-state index in [1.807, 2.05) is 13.0 Å². The molecule has 0 radical (unpaired) electrons. The molecule has 0 saturated carbocycles. The highest BCUT2D eigenvalue weighted by Gasteiger charge is 2.31. The van der Waals surface area contributed by atoms with Gasteiger partial charge in [0.05, 0.1) is 12.1 Å². The first-order valence-corrected chi connectivity index (χ1v) is 6.30. The third-order valence-corrected chi connectivity index (χ3v) is 3.63. The lowest BCUT2D eigenvalue weighted by atomic mass is 10.1. The van der Waals surface area contributed by atoms with Crippen LogP contribution in [0.15, 0.2) is 18.2 Å². The first kappa shape index (κ1) is 13.3. The standard InChI is InChI=1S/C13H17ClN2O2/c1-8-3-4-9(14)5-10(8)13(18)16(2)11-6-15-7-12(11)17/h3-5,11-12,15,17H,6-7H2,1-2H3/t11-,12-/m1/s1. The molecule has 0 unspecified atom stereocenters. The molecule has 1 aromatic rings. The molecule has 4 nitrogen and oxygen atoms in total. The van der Waals surface area contributed by atoms with Crippen molar-refractivity contribution in [2.24, 2.45) is 0 Å². The van der Waals surface area contributed by atoms with E-state index in [0.717, 1.165) is 5.56 Å². The number of benzene rings is 1. The fourth-order valence-corrected chi connectivity index (χ4v) is 2.38. The number of carbonyl (C=O) groups excluding carboxylic acids is 1. The number of nitrogens with zero attached hydrogens (tertiary/aromatic N) is 1. The van der Waals surface area contributed by atoms with E-state index in [1.54, 1.807) is 24.1 Å². The number of rotatable bonds is 2. The summed E-state index contributed by atoms with van der Waals surface area (Å²) < 4.78 is 0. The van der Waals surface area contributed by atoms with Crippen LogP contribution < -0.4 is 5.32 Å². The van der Waals surface area contributed by atoms with Gasteiger partial charge in [0.1, 0.15) is 0 Å². The van der Waals surface area contributed by atoms with Crippen LogP contribution in [0.1, 0.15) is 15.9 Å². The molecule has 5 heteroatoms. The summed E-state index contributed by atoms with van der Waals surface area (Å²) in [5.74, 6) is -0.109.